The monoisotopic (exact) mass is 391 g/mol. The van der Waals surface area contributed by atoms with Crippen LogP contribution in [0.25, 0.3) is 0 Å². The molecule has 1 saturated heterocycles. The van der Waals surface area contributed by atoms with Crippen LogP contribution in [0.15, 0.2) is 47.4 Å². The number of nitrogens with one attached hydrogen (secondary N) is 2. The smallest absolute Gasteiger partial charge is 0.276 e. The van der Waals surface area contributed by atoms with Gasteiger partial charge in [-0.3, -0.25) is 14.5 Å². The third-order valence-corrected chi connectivity index (χ3v) is 5.34. The summed E-state index contributed by atoms with van der Waals surface area (Å²) in [5.74, 6) is 5.93. The fourth-order valence-corrected chi connectivity index (χ4v) is 3.84. The number of aromatic nitrogens is 1. The molecular formula is C22H25N5O2. The molecule has 0 bridgehead atoms. The molecule has 0 aliphatic carbocycles. The maximum Gasteiger partial charge on any atom is 0.276 e. The summed E-state index contributed by atoms with van der Waals surface area (Å²) < 4.78 is 1.49. The molecule has 1 aromatic carbocycles. The minimum Gasteiger partial charge on any atom is -0.351 e. The highest BCUT2D eigenvalue weighted by molar-refractivity contribution is 5.96. The van der Waals surface area contributed by atoms with Gasteiger partial charge < -0.3 is 20.1 Å². The number of hydrogen-bond acceptors (Lipinski definition) is 6. The molecule has 2 N–H and O–H groups in total. The quantitative estimate of drug-likeness (QED) is 0.589. The number of piperazine rings is 1. The van der Waals surface area contributed by atoms with Crippen molar-refractivity contribution in [1.29, 1.82) is 0 Å². The molecule has 0 amide bonds. The fourth-order valence-electron chi connectivity index (χ4n) is 3.84. The van der Waals surface area contributed by atoms with Crippen molar-refractivity contribution < 1.29 is 4.79 Å². The Kier molecular flexibility index (Phi) is 5.65. The molecule has 1 unspecified atom stereocenters. The number of pyridine rings is 1. The Morgan fingerprint density at radius 2 is 1.93 bits per heavy atom. The van der Waals surface area contributed by atoms with Crippen LogP contribution < -0.4 is 21.1 Å². The molecule has 2 aromatic rings. The van der Waals surface area contributed by atoms with Gasteiger partial charge in [0.1, 0.15) is 5.69 Å². The first-order valence-corrected chi connectivity index (χ1v) is 9.88. The van der Waals surface area contributed by atoms with E-state index in [-0.39, 0.29) is 24.2 Å². The molecule has 29 heavy (non-hydrogen) atoms. The molecule has 3 heterocycles. The van der Waals surface area contributed by atoms with Crippen molar-refractivity contribution in [2.24, 2.45) is 0 Å². The predicted molar refractivity (Wildman–Crippen MR) is 114 cm³/mol. The van der Waals surface area contributed by atoms with E-state index in [2.05, 4.69) is 27.4 Å². The van der Waals surface area contributed by atoms with E-state index in [4.69, 9.17) is 0 Å². The van der Waals surface area contributed by atoms with Crippen LogP contribution in [-0.4, -0.2) is 54.3 Å². The van der Waals surface area contributed by atoms with E-state index in [1.165, 1.54) is 4.57 Å². The van der Waals surface area contributed by atoms with Gasteiger partial charge in [-0.1, -0.05) is 36.3 Å². The van der Waals surface area contributed by atoms with E-state index in [0.717, 1.165) is 31.9 Å². The average molecular weight is 391 g/mol. The number of nitrogens with zero attached hydrogens (tertiary/aromatic N) is 3. The lowest BCUT2D eigenvalue weighted by molar-refractivity contribution is 0.0971. The molecule has 0 saturated carbocycles. The highest BCUT2D eigenvalue weighted by atomic mass is 16.1. The number of benzene rings is 1. The fraction of sp³-hybridized carbons (Fsp3) is 0.364. The Hall–Kier alpha value is -3.08. The van der Waals surface area contributed by atoms with E-state index in [1.807, 2.05) is 29.2 Å². The molecule has 7 nitrogen and oxygen atoms in total. The van der Waals surface area contributed by atoms with Crippen molar-refractivity contribution in [2.45, 2.75) is 19.8 Å². The maximum absolute atomic E-state index is 13.3. The second kappa shape index (κ2) is 8.52. The third-order valence-electron chi connectivity index (χ3n) is 5.34. The summed E-state index contributed by atoms with van der Waals surface area (Å²) >= 11 is 0. The van der Waals surface area contributed by atoms with Crippen molar-refractivity contribution in [2.75, 3.05) is 42.9 Å². The van der Waals surface area contributed by atoms with Crippen molar-refractivity contribution >= 4 is 17.2 Å². The van der Waals surface area contributed by atoms with Crippen LogP contribution in [0.1, 0.15) is 17.3 Å². The predicted octanol–water partition coefficient (Wildman–Crippen LogP) is 1.18. The van der Waals surface area contributed by atoms with Crippen LogP contribution >= 0.6 is 0 Å². The highest BCUT2D eigenvalue weighted by Gasteiger charge is 2.35. The lowest BCUT2D eigenvalue weighted by Crippen LogP contribution is -2.56. The van der Waals surface area contributed by atoms with Crippen LogP contribution in [0, 0.1) is 11.8 Å². The van der Waals surface area contributed by atoms with E-state index in [0.29, 0.717) is 17.8 Å². The molecule has 1 fully saturated rings. The molecule has 1 aromatic heterocycles. The molecule has 4 rings (SSSR count). The Morgan fingerprint density at radius 1 is 1.17 bits per heavy atom. The SMILES string of the molecule is CC#CCN1c2c(ccn(CC(=O)c3ccccc3)c2=O)NC1N1CCNCC1. The Labute approximate surface area is 170 Å². The molecule has 0 radical (unpaired) electrons. The summed E-state index contributed by atoms with van der Waals surface area (Å²) in [6.07, 6.45) is 1.58. The summed E-state index contributed by atoms with van der Waals surface area (Å²) in [6, 6.07) is 10.9. The van der Waals surface area contributed by atoms with Crippen molar-refractivity contribution in [3.63, 3.8) is 0 Å². The largest absolute Gasteiger partial charge is 0.351 e. The zero-order valence-electron chi connectivity index (χ0n) is 16.5. The zero-order chi connectivity index (χ0) is 20.2. The molecule has 0 spiro atoms. The van der Waals surface area contributed by atoms with Gasteiger partial charge in [0, 0.05) is 37.9 Å². The van der Waals surface area contributed by atoms with Crippen LogP contribution in [0.4, 0.5) is 11.4 Å². The normalized spacial score (nSPS) is 18.5. The summed E-state index contributed by atoms with van der Waals surface area (Å²) in [5, 5.41) is 6.83. The lowest BCUT2D eigenvalue weighted by atomic mass is 10.1. The lowest BCUT2D eigenvalue weighted by Gasteiger charge is -2.37. The van der Waals surface area contributed by atoms with E-state index < -0.39 is 0 Å². The van der Waals surface area contributed by atoms with Crippen LogP contribution in [0.5, 0.6) is 0 Å². The molecule has 2 aliphatic rings. The second-order valence-corrected chi connectivity index (χ2v) is 7.16. The number of Topliss-reactive ketones (excluding diaryl/α,β-unsaturated/α-hetero) is 1. The number of carbonyl (C=O) groups excluding carboxylic acids is 1. The molecule has 150 valence electrons. The zero-order valence-corrected chi connectivity index (χ0v) is 16.5. The van der Waals surface area contributed by atoms with Crippen LogP contribution in [0.2, 0.25) is 0 Å². The van der Waals surface area contributed by atoms with Crippen molar-refractivity contribution in [3.8, 4) is 11.8 Å². The molecule has 7 heteroatoms. The molecule has 1 atom stereocenters. The number of hydrogen-bond donors (Lipinski definition) is 2. The molecular weight excluding hydrogens is 366 g/mol. The average Bonchev–Trinajstić information content (AvgIpc) is 3.14. The Balaban J connectivity index is 1.64. The second-order valence-electron chi connectivity index (χ2n) is 7.16. The standard InChI is InChI=1S/C22H25N5O2/c1-2-3-12-27-20-18(24-22(27)25-14-10-23-11-15-25)9-13-26(21(20)29)16-19(28)17-7-5-4-6-8-17/h4-9,13,22-24H,10-12,14-16H2,1H3. The van der Waals surface area contributed by atoms with Gasteiger partial charge in [0.05, 0.1) is 18.8 Å². The van der Waals surface area contributed by atoms with Gasteiger partial charge in [-0.05, 0) is 13.0 Å². The first-order chi connectivity index (χ1) is 14.2. The van der Waals surface area contributed by atoms with Gasteiger partial charge in [-0.15, -0.1) is 5.92 Å². The van der Waals surface area contributed by atoms with Crippen LogP contribution in [0.3, 0.4) is 0 Å². The van der Waals surface area contributed by atoms with Crippen LogP contribution in [-0.2, 0) is 6.54 Å². The first-order valence-electron chi connectivity index (χ1n) is 9.88. The van der Waals surface area contributed by atoms with Gasteiger partial charge in [-0.2, -0.15) is 0 Å². The number of ketones is 1. The Bertz CT molecular complexity index is 999. The van der Waals surface area contributed by atoms with Crippen molar-refractivity contribution in [1.82, 2.24) is 14.8 Å². The van der Waals surface area contributed by atoms with Gasteiger partial charge in [0.25, 0.3) is 5.56 Å². The number of rotatable bonds is 5. The number of anilines is 2. The van der Waals surface area contributed by atoms with Gasteiger partial charge in [-0.25, -0.2) is 0 Å². The van der Waals surface area contributed by atoms with Crippen molar-refractivity contribution in [3.05, 3.63) is 58.5 Å². The molecule has 2 aliphatic heterocycles. The van der Waals surface area contributed by atoms with E-state index in [1.54, 1.807) is 25.3 Å². The summed E-state index contributed by atoms with van der Waals surface area (Å²) in [4.78, 5) is 30.2. The topological polar surface area (TPSA) is 69.6 Å². The maximum atomic E-state index is 13.3. The van der Waals surface area contributed by atoms with Gasteiger partial charge in [0.2, 0.25) is 0 Å². The van der Waals surface area contributed by atoms with Gasteiger partial charge >= 0.3 is 0 Å². The summed E-state index contributed by atoms with van der Waals surface area (Å²) in [7, 11) is 0. The summed E-state index contributed by atoms with van der Waals surface area (Å²) in [5.41, 5.74) is 1.81. The highest BCUT2D eigenvalue weighted by Crippen LogP contribution is 2.32. The van der Waals surface area contributed by atoms with E-state index >= 15 is 0 Å². The minimum atomic E-state index is -0.171. The number of fused-ring (bicyclic) bond motifs is 1. The number of carbonyl (C=O) groups is 1. The van der Waals surface area contributed by atoms with Gasteiger partial charge in [0.15, 0.2) is 12.1 Å². The van der Waals surface area contributed by atoms with E-state index in [9.17, 15) is 9.59 Å². The summed E-state index contributed by atoms with van der Waals surface area (Å²) in [6.45, 7) is 5.88. The minimum absolute atomic E-state index is 0.0156. The first kappa shape index (κ1) is 19.2. The Morgan fingerprint density at radius 3 is 2.66 bits per heavy atom. The third kappa shape index (κ3) is 3.90.